The first kappa shape index (κ1) is 13.1. The Hall–Kier alpha value is -1.30. The number of cyclic esters (lactones) is 1. The van der Waals surface area contributed by atoms with E-state index in [-0.39, 0.29) is 12.5 Å². The number of ether oxygens (including phenoxy) is 1. The van der Waals surface area contributed by atoms with Crippen molar-refractivity contribution < 1.29 is 19.4 Å². The number of rotatable bonds is 3. The van der Waals surface area contributed by atoms with Crippen LogP contribution in [0.25, 0.3) is 0 Å². The van der Waals surface area contributed by atoms with Crippen molar-refractivity contribution in [2.45, 2.75) is 44.2 Å². The third-order valence-corrected chi connectivity index (χ3v) is 3.69. The van der Waals surface area contributed by atoms with Gasteiger partial charge in [0, 0.05) is 13.1 Å². The average Bonchev–Trinajstić information content (AvgIpc) is 2.76. The molecule has 6 heteroatoms. The topological polar surface area (TPSA) is 78.9 Å². The molecule has 1 atom stereocenters. The fourth-order valence-corrected chi connectivity index (χ4v) is 2.60. The molecular formula is C12H20N2O4. The second-order valence-electron chi connectivity index (χ2n) is 5.10. The van der Waals surface area contributed by atoms with Crippen LogP contribution in [0.5, 0.6) is 0 Å². The fourth-order valence-electron chi connectivity index (χ4n) is 2.60. The van der Waals surface area contributed by atoms with Crippen molar-refractivity contribution in [2.75, 3.05) is 19.7 Å². The first-order chi connectivity index (χ1) is 8.54. The summed E-state index contributed by atoms with van der Waals surface area (Å²) in [5.41, 5.74) is -0.624. The summed E-state index contributed by atoms with van der Waals surface area (Å²) >= 11 is 0. The molecule has 102 valence electrons. The molecule has 2 aliphatic rings. The summed E-state index contributed by atoms with van der Waals surface area (Å²) in [6.45, 7) is 3.23. The molecule has 0 unspecified atom stereocenters. The Bertz CT molecular complexity index is 337. The van der Waals surface area contributed by atoms with Crippen LogP contribution in [0.2, 0.25) is 0 Å². The molecule has 0 aromatic rings. The summed E-state index contributed by atoms with van der Waals surface area (Å²) in [4.78, 5) is 24.6. The molecule has 2 amide bonds. The Morgan fingerprint density at radius 1 is 1.56 bits per heavy atom. The molecule has 0 radical (unpaired) electrons. The SMILES string of the molecule is CCCC1(O)CCN(C(=O)[C@@H]2COC(=O)N2)CC1. The van der Waals surface area contributed by atoms with Gasteiger partial charge in [-0.2, -0.15) is 0 Å². The van der Waals surface area contributed by atoms with Gasteiger partial charge in [0.05, 0.1) is 5.60 Å². The van der Waals surface area contributed by atoms with Crippen LogP contribution in [-0.2, 0) is 9.53 Å². The van der Waals surface area contributed by atoms with E-state index in [9.17, 15) is 14.7 Å². The highest BCUT2D eigenvalue weighted by Crippen LogP contribution is 2.27. The molecule has 6 nitrogen and oxygen atoms in total. The number of alkyl carbamates (subject to hydrolysis) is 1. The van der Waals surface area contributed by atoms with Crippen molar-refractivity contribution in [3.05, 3.63) is 0 Å². The summed E-state index contributed by atoms with van der Waals surface area (Å²) in [6, 6.07) is -0.560. The lowest BCUT2D eigenvalue weighted by atomic mass is 9.87. The van der Waals surface area contributed by atoms with Gasteiger partial charge in [-0.25, -0.2) is 4.79 Å². The fraction of sp³-hybridized carbons (Fsp3) is 0.833. The van der Waals surface area contributed by atoms with Crippen molar-refractivity contribution >= 4 is 12.0 Å². The van der Waals surface area contributed by atoms with Gasteiger partial charge in [0.2, 0.25) is 5.91 Å². The zero-order valence-electron chi connectivity index (χ0n) is 10.6. The van der Waals surface area contributed by atoms with Gasteiger partial charge in [0.25, 0.3) is 0 Å². The summed E-state index contributed by atoms with van der Waals surface area (Å²) in [5.74, 6) is -0.112. The number of carbonyl (C=O) groups excluding carboxylic acids is 2. The zero-order chi connectivity index (χ0) is 13.2. The normalized spacial score (nSPS) is 26.7. The largest absolute Gasteiger partial charge is 0.447 e. The van der Waals surface area contributed by atoms with E-state index in [1.165, 1.54) is 0 Å². The second kappa shape index (κ2) is 5.14. The summed E-state index contributed by atoms with van der Waals surface area (Å²) < 4.78 is 4.71. The predicted octanol–water partition coefficient (Wildman–Crippen LogP) is 0.248. The van der Waals surface area contributed by atoms with Gasteiger partial charge in [-0.15, -0.1) is 0 Å². The van der Waals surface area contributed by atoms with Crippen LogP contribution in [0.1, 0.15) is 32.6 Å². The number of nitrogens with one attached hydrogen (secondary N) is 1. The number of hydrogen-bond donors (Lipinski definition) is 2. The van der Waals surface area contributed by atoms with E-state index in [2.05, 4.69) is 5.32 Å². The Morgan fingerprint density at radius 3 is 2.72 bits per heavy atom. The summed E-state index contributed by atoms with van der Waals surface area (Å²) in [5, 5.41) is 12.7. The van der Waals surface area contributed by atoms with Gasteiger partial charge in [-0.05, 0) is 19.3 Å². The van der Waals surface area contributed by atoms with Crippen molar-refractivity contribution in [1.29, 1.82) is 0 Å². The van der Waals surface area contributed by atoms with Gasteiger partial charge in [-0.3, -0.25) is 4.79 Å². The quantitative estimate of drug-likeness (QED) is 0.758. The maximum atomic E-state index is 12.1. The Morgan fingerprint density at radius 2 is 2.22 bits per heavy atom. The number of amides is 2. The second-order valence-corrected chi connectivity index (χ2v) is 5.10. The van der Waals surface area contributed by atoms with Gasteiger partial charge >= 0.3 is 6.09 Å². The van der Waals surface area contributed by atoms with E-state index in [0.717, 1.165) is 12.8 Å². The number of piperidine rings is 1. The maximum absolute atomic E-state index is 12.1. The van der Waals surface area contributed by atoms with Gasteiger partial charge in [0.15, 0.2) is 0 Å². The van der Waals surface area contributed by atoms with E-state index in [1.807, 2.05) is 6.92 Å². The highest BCUT2D eigenvalue weighted by atomic mass is 16.6. The van der Waals surface area contributed by atoms with E-state index < -0.39 is 17.7 Å². The number of nitrogens with zero attached hydrogens (tertiary/aromatic N) is 1. The molecule has 0 aliphatic carbocycles. The van der Waals surface area contributed by atoms with Crippen LogP contribution in [0.15, 0.2) is 0 Å². The molecule has 2 aliphatic heterocycles. The number of likely N-dealkylation sites (tertiary alicyclic amines) is 1. The minimum Gasteiger partial charge on any atom is -0.447 e. The molecule has 0 saturated carbocycles. The van der Waals surface area contributed by atoms with Gasteiger partial charge in [-0.1, -0.05) is 13.3 Å². The minimum absolute atomic E-state index is 0.105. The molecule has 0 aromatic carbocycles. The number of aliphatic hydroxyl groups is 1. The van der Waals surface area contributed by atoms with Crippen molar-refractivity contribution in [3.63, 3.8) is 0 Å². The first-order valence-electron chi connectivity index (χ1n) is 6.48. The van der Waals surface area contributed by atoms with Gasteiger partial charge in [0.1, 0.15) is 12.6 Å². The Kier molecular flexibility index (Phi) is 3.75. The van der Waals surface area contributed by atoms with E-state index in [4.69, 9.17) is 4.74 Å². The lowest BCUT2D eigenvalue weighted by molar-refractivity contribution is -0.137. The van der Waals surface area contributed by atoms with Crippen LogP contribution >= 0.6 is 0 Å². The highest BCUT2D eigenvalue weighted by molar-refractivity contribution is 5.87. The Labute approximate surface area is 106 Å². The lowest BCUT2D eigenvalue weighted by Crippen LogP contribution is -2.52. The molecule has 2 fully saturated rings. The third-order valence-electron chi connectivity index (χ3n) is 3.69. The van der Waals surface area contributed by atoms with Crippen molar-refractivity contribution in [1.82, 2.24) is 10.2 Å². The van der Waals surface area contributed by atoms with Crippen LogP contribution in [0.4, 0.5) is 4.79 Å². The summed E-state index contributed by atoms with van der Waals surface area (Å²) in [7, 11) is 0. The van der Waals surface area contributed by atoms with Crippen LogP contribution < -0.4 is 5.32 Å². The molecule has 2 heterocycles. The predicted molar refractivity (Wildman–Crippen MR) is 63.9 cm³/mol. The van der Waals surface area contributed by atoms with E-state index in [1.54, 1.807) is 4.90 Å². The average molecular weight is 256 g/mol. The summed E-state index contributed by atoms with van der Waals surface area (Å²) in [6.07, 6.45) is 2.39. The molecule has 2 rings (SSSR count). The standard InChI is InChI=1S/C12H20N2O4/c1-2-3-12(17)4-6-14(7-5-12)10(15)9-8-18-11(16)13-9/h9,17H,2-8H2,1H3,(H,13,16)/t9-/m0/s1. The monoisotopic (exact) mass is 256 g/mol. The lowest BCUT2D eigenvalue weighted by Gasteiger charge is -2.38. The van der Waals surface area contributed by atoms with Crippen LogP contribution in [0, 0.1) is 0 Å². The minimum atomic E-state index is -0.624. The number of hydrogen-bond acceptors (Lipinski definition) is 4. The van der Waals surface area contributed by atoms with Gasteiger partial charge < -0.3 is 20.1 Å². The van der Waals surface area contributed by atoms with E-state index in [0.29, 0.717) is 25.9 Å². The molecule has 0 aromatic heterocycles. The first-order valence-corrected chi connectivity index (χ1v) is 6.48. The smallest absolute Gasteiger partial charge is 0.407 e. The number of carbonyl (C=O) groups is 2. The molecule has 0 spiro atoms. The molecular weight excluding hydrogens is 236 g/mol. The van der Waals surface area contributed by atoms with Crippen LogP contribution in [0.3, 0.4) is 0 Å². The molecule has 0 bridgehead atoms. The zero-order valence-corrected chi connectivity index (χ0v) is 10.6. The molecule has 18 heavy (non-hydrogen) atoms. The maximum Gasteiger partial charge on any atom is 0.407 e. The highest BCUT2D eigenvalue weighted by Gasteiger charge is 2.37. The Balaban J connectivity index is 1.86. The van der Waals surface area contributed by atoms with Crippen LogP contribution in [-0.4, -0.2) is 53.3 Å². The molecule has 2 saturated heterocycles. The third kappa shape index (κ3) is 2.75. The molecule has 2 N–H and O–H groups in total. The van der Waals surface area contributed by atoms with E-state index >= 15 is 0 Å². The van der Waals surface area contributed by atoms with Crippen molar-refractivity contribution in [2.24, 2.45) is 0 Å². The van der Waals surface area contributed by atoms with Crippen molar-refractivity contribution in [3.8, 4) is 0 Å².